The molecular formula is C11H17NO3. The average Bonchev–Trinajstić information content (AvgIpc) is 2.59. The number of likely N-dealkylation sites (tertiary alicyclic amines) is 1. The summed E-state index contributed by atoms with van der Waals surface area (Å²) >= 11 is 0. The van der Waals surface area contributed by atoms with Gasteiger partial charge in [0.1, 0.15) is 5.78 Å². The number of carbonyl (C=O) groups excluding carboxylic acids is 1. The molecule has 1 saturated carbocycles. The van der Waals surface area contributed by atoms with Gasteiger partial charge in [0.25, 0.3) is 0 Å². The van der Waals surface area contributed by atoms with Gasteiger partial charge >= 0.3 is 6.09 Å². The number of hydrogen-bond acceptors (Lipinski definition) is 2. The van der Waals surface area contributed by atoms with Crippen LogP contribution in [0.3, 0.4) is 0 Å². The highest BCUT2D eigenvalue weighted by molar-refractivity contribution is 5.82. The number of amides is 1. The van der Waals surface area contributed by atoms with Gasteiger partial charge in [-0.15, -0.1) is 0 Å². The molecule has 0 aromatic rings. The summed E-state index contributed by atoms with van der Waals surface area (Å²) in [6.45, 7) is 0.942. The molecule has 1 unspecified atom stereocenters. The molecule has 1 amide bonds. The summed E-state index contributed by atoms with van der Waals surface area (Å²) in [5.74, 6) is 0.849. The summed E-state index contributed by atoms with van der Waals surface area (Å²) in [6, 6.07) is 0. The lowest BCUT2D eigenvalue weighted by molar-refractivity contribution is -0.123. The molecule has 2 fully saturated rings. The summed E-state index contributed by atoms with van der Waals surface area (Å²) in [7, 11) is 0. The van der Waals surface area contributed by atoms with Crippen molar-refractivity contribution in [3.8, 4) is 0 Å². The first-order chi connectivity index (χ1) is 7.16. The van der Waals surface area contributed by atoms with Gasteiger partial charge in [-0.05, 0) is 12.3 Å². The minimum Gasteiger partial charge on any atom is -0.465 e. The highest BCUT2D eigenvalue weighted by Gasteiger charge is 2.32. The van der Waals surface area contributed by atoms with Crippen LogP contribution in [0.25, 0.3) is 0 Å². The van der Waals surface area contributed by atoms with Crippen LogP contribution in [0.5, 0.6) is 0 Å². The lowest BCUT2D eigenvalue weighted by atomic mass is 9.80. The summed E-state index contributed by atoms with van der Waals surface area (Å²) in [5.41, 5.74) is 0. The third-order valence-electron chi connectivity index (χ3n) is 3.63. The van der Waals surface area contributed by atoms with Gasteiger partial charge in [0.2, 0.25) is 0 Å². The molecule has 1 N–H and O–H groups in total. The van der Waals surface area contributed by atoms with E-state index in [0.717, 1.165) is 6.42 Å². The molecule has 2 aliphatic rings. The topological polar surface area (TPSA) is 57.6 Å². The van der Waals surface area contributed by atoms with E-state index in [2.05, 4.69) is 0 Å². The van der Waals surface area contributed by atoms with Crippen LogP contribution in [0.2, 0.25) is 0 Å². The van der Waals surface area contributed by atoms with E-state index in [9.17, 15) is 9.59 Å². The lowest BCUT2D eigenvalue weighted by Crippen LogP contribution is -2.29. The predicted octanol–water partition coefficient (Wildman–Crippen LogP) is 1.75. The fourth-order valence-corrected chi connectivity index (χ4v) is 2.34. The summed E-state index contributed by atoms with van der Waals surface area (Å²) in [4.78, 5) is 23.8. The van der Waals surface area contributed by atoms with Crippen molar-refractivity contribution in [2.45, 2.75) is 32.1 Å². The number of carbonyl (C=O) groups is 2. The van der Waals surface area contributed by atoms with Gasteiger partial charge < -0.3 is 10.0 Å². The Hall–Kier alpha value is -1.06. The van der Waals surface area contributed by atoms with Crippen molar-refractivity contribution in [3.63, 3.8) is 0 Å². The molecule has 0 radical (unpaired) electrons. The van der Waals surface area contributed by atoms with Crippen LogP contribution in [-0.2, 0) is 4.79 Å². The van der Waals surface area contributed by atoms with E-state index in [1.54, 1.807) is 0 Å². The maximum atomic E-state index is 11.8. The van der Waals surface area contributed by atoms with Crippen LogP contribution in [0.4, 0.5) is 4.79 Å². The van der Waals surface area contributed by atoms with Gasteiger partial charge in [-0.25, -0.2) is 4.79 Å². The molecule has 4 heteroatoms. The number of rotatable bonds is 3. The number of Topliss-reactive ketones (excluding diaryl/α,β-unsaturated/α-hetero) is 1. The fourth-order valence-electron chi connectivity index (χ4n) is 2.34. The molecule has 0 aromatic heterocycles. The van der Waals surface area contributed by atoms with E-state index in [0.29, 0.717) is 25.4 Å². The van der Waals surface area contributed by atoms with E-state index in [1.807, 2.05) is 0 Å². The quantitative estimate of drug-likeness (QED) is 0.773. The molecule has 1 saturated heterocycles. The first-order valence-electron chi connectivity index (χ1n) is 5.67. The number of hydrogen-bond donors (Lipinski definition) is 1. The SMILES string of the molecule is O=C(CC1CCC1)C1CCN(C(=O)O)C1. The maximum absolute atomic E-state index is 11.8. The largest absolute Gasteiger partial charge is 0.465 e. The van der Waals surface area contributed by atoms with E-state index < -0.39 is 6.09 Å². The second-order valence-corrected chi connectivity index (χ2v) is 4.68. The zero-order valence-electron chi connectivity index (χ0n) is 8.82. The molecule has 0 spiro atoms. The minimum absolute atomic E-state index is 0.0262. The first kappa shape index (κ1) is 10.5. The fraction of sp³-hybridized carbons (Fsp3) is 0.818. The molecular weight excluding hydrogens is 194 g/mol. The molecule has 1 atom stereocenters. The van der Waals surface area contributed by atoms with Gasteiger partial charge in [0.15, 0.2) is 0 Å². The van der Waals surface area contributed by atoms with Crippen molar-refractivity contribution in [1.82, 2.24) is 4.90 Å². The third-order valence-corrected chi connectivity index (χ3v) is 3.63. The van der Waals surface area contributed by atoms with Gasteiger partial charge in [-0.2, -0.15) is 0 Å². The molecule has 1 aliphatic carbocycles. The summed E-state index contributed by atoms with van der Waals surface area (Å²) in [5, 5.41) is 8.77. The van der Waals surface area contributed by atoms with E-state index in [-0.39, 0.29) is 11.7 Å². The number of carboxylic acid groups (broad SMARTS) is 1. The molecule has 1 aliphatic heterocycles. The Morgan fingerprint density at radius 3 is 2.47 bits per heavy atom. The molecule has 84 valence electrons. The van der Waals surface area contributed by atoms with E-state index in [1.165, 1.54) is 24.2 Å². The molecule has 4 nitrogen and oxygen atoms in total. The zero-order chi connectivity index (χ0) is 10.8. The van der Waals surface area contributed by atoms with Crippen molar-refractivity contribution in [3.05, 3.63) is 0 Å². The first-order valence-corrected chi connectivity index (χ1v) is 5.67. The Morgan fingerprint density at radius 1 is 1.27 bits per heavy atom. The second kappa shape index (κ2) is 4.21. The number of ketones is 1. The highest BCUT2D eigenvalue weighted by atomic mass is 16.4. The van der Waals surface area contributed by atoms with Crippen LogP contribution in [0.1, 0.15) is 32.1 Å². The second-order valence-electron chi connectivity index (χ2n) is 4.68. The summed E-state index contributed by atoms with van der Waals surface area (Å²) in [6.07, 6.45) is 4.12. The smallest absolute Gasteiger partial charge is 0.407 e. The Balaban J connectivity index is 1.79. The highest BCUT2D eigenvalue weighted by Crippen LogP contribution is 2.31. The van der Waals surface area contributed by atoms with Crippen LogP contribution < -0.4 is 0 Å². The monoisotopic (exact) mass is 211 g/mol. The lowest BCUT2D eigenvalue weighted by Gasteiger charge is -2.25. The molecule has 15 heavy (non-hydrogen) atoms. The molecule has 2 rings (SSSR count). The van der Waals surface area contributed by atoms with Crippen molar-refractivity contribution in [2.75, 3.05) is 13.1 Å². The predicted molar refractivity (Wildman–Crippen MR) is 54.7 cm³/mol. The van der Waals surface area contributed by atoms with Crippen molar-refractivity contribution < 1.29 is 14.7 Å². The molecule has 1 heterocycles. The third kappa shape index (κ3) is 2.30. The summed E-state index contributed by atoms with van der Waals surface area (Å²) < 4.78 is 0. The standard InChI is InChI=1S/C11H17NO3/c13-10(6-8-2-1-3-8)9-4-5-12(7-9)11(14)15/h8-9H,1-7H2,(H,14,15). The van der Waals surface area contributed by atoms with Gasteiger partial charge in [-0.1, -0.05) is 19.3 Å². The van der Waals surface area contributed by atoms with Gasteiger partial charge in [-0.3, -0.25) is 4.79 Å². The Labute approximate surface area is 89.3 Å². The Kier molecular flexibility index (Phi) is 2.93. The van der Waals surface area contributed by atoms with E-state index >= 15 is 0 Å². The molecule has 0 aromatic carbocycles. The van der Waals surface area contributed by atoms with Crippen molar-refractivity contribution in [2.24, 2.45) is 11.8 Å². The minimum atomic E-state index is -0.894. The van der Waals surface area contributed by atoms with Crippen LogP contribution in [0.15, 0.2) is 0 Å². The zero-order valence-corrected chi connectivity index (χ0v) is 8.82. The van der Waals surface area contributed by atoms with Crippen molar-refractivity contribution >= 4 is 11.9 Å². The number of nitrogens with zero attached hydrogens (tertiary/aromatic N) is 1. The van der Waals surface area contributed by atoms with Crippen LogP contribution >= 0.6 is 0 Å². The Morgan fingerprint density at radius 2 is 2.00 bits per heavy atom. The average molecular weight is 211 g/mol. The van der Waals surface area contributed by atoms with Gasteiger partial charge in [0.05, 0.1) is 0 Å². The van der Waals surface area contributed by atoms with Gasteiger partial charge in [0, 0.05) is 25.4 Å². The van der Waals surface area contributed by atoms with E-state index in [4.69, 9.17) is 5.11 Å². The molecule has 0 bridgehead atoms. The van der Waals surface area contributed by atoms with Crippen LogP contribution in [0, 0.1) is 11.8 Å². The maximum Gasteiger partial charge on any atom is 0.407 e. The normalized spacial score (nSPS) is 26.4. The van der Waals surface area contributed by atoms with Crippen LogP contribution in [-0.4, -0.2) is 35.0 Å². The Bertz CT molecular complexity index is 273. The van der Waals surface area contributed by atoms with Crippen molar-refractivity contribution in [1.29, 1.82) is 0 Å².